The minimum atomic E-state index is 0.210. The number of nitrogens with zero attached hydrogens (tertiary/aromatic N) is 3. The van der Waals surface area contributed by atoms with Crippen molar-refractivity contribution in [3.8, 4) is 10.6 Å². The average Bonchev–Trinajstić information content (AvgIpc) is 3.49. The molecule has 1 saturated heterocycles. The molecule has 148 valence electrons. The number of thiophene rings is 1. The molecule has 5 nitrogen and oxygen atoms in total. The molecule has 2 aromatic heterocycles. The maximum absolute atomic E-state index is 10.6. The Hall–Kier alpha value is -2.64. The second-order valence-electron chi connectivity index (χ2n) is 7.34. The van der Waals surface area contributed by atoms with Crippen molar-refractivity contribution in [1.82, 2.24) is 4.98 Å². The molecule has 5 rings (SSSR count). The van der Waals surface area contributed by atoms with E-state index in [9.17, 15) is 5.11 Å². The van der Waals surface area contributed by atoms with Gasteiger partial charge in [-0.05, 0) is 55.0 Å². The summed E-state index contributed by atoms with van der Waals surface area (Å²) in [6.45, 7) is 2.54. The van der Waals surface area contributed by atoms with Gasteiger partial charge >= 0.3 is 0 Å². The minimum Gasteiger partial charge on any atom is -0.510 e. The first kappa shape index (κ1) is 18.4. The van der Waals surface area contributed by atoms with Crippen LogP contribution in [-0.4, -0.2) is 35.6 Å². The van der Waals surface area contributed by atoms with E-state index in [1.807, 2.05) is 39.9 Å². The minimum absolute atomic E-state index is 0.210. The molecule has 2 aliphatic heterocycles. The Kier molecular flexibility index (Phi) is 4.85. The smallest absolute Gasteiger partial charge is 0.139 e. The molecular formula is C22H22N4OS2. The van der Waals surface area contributed by atoms with Crippen LogP contribution in [0.15, 0.2) is 52.9 Å². The number of rotatable bonds is 4. The third-order valence-corrected chi connectivity index (χ3v) is 7.23. The van der Waals surface area contributed by atoms with Crippen molar-refractivity contribution < 1.29 is 5.11 Å². The number of piperidine rings is 1. The van der Waals surface area contributed by atoms with E-state index in [4.69, 9.17) is 5.41 Å². The first-order valence-electron chi connectivity index (χ1n) is 9.84. The molecular weight excluding hydrogens is 400 g/mol. The number of thiazole rings is 1. The highest BCUT2D eigenvalue weighted by molar-refractivity contribution is 7.14. The lowest BCUT2D eigenvalue weighted by Gasteiger charge is -2.29. The van der Waals surface area contributed by atoms with Crippen molar-refractivity contribution in [2.45, 2.75) is 19.3 Å². The molecule has 3 aromatic rings. The molecule has 0 amide bonds. The van der Waals surface area contributed by atoms with Crippen LogP contribution < -0.4 is 9.80 Å². The predicted octanol–water partition coefficient (Wildman–Crippen LogP) is 5.63. The van der Waals surface area contributed by atoms with Crippen molar-refractivity contribution in [3.05, 3.63) is 57.9 Å². The van der Waals surface area contributed by atoms with E-state index in [-0.39, 0.29) is 5.76 Å². The number of amidine groups is 1. The Morgan fingerprint density at radius 1 is 0.966 bits per heavy atom. The number of hydrogen-bond acceptors (Lipinski definition) is 6. The molecule has 1 fully saturated rings. The molecule has 0 unspecified atom stereocenters. The van der Waals surface area contributed by atoms with Crippen LogP contribution in [0, 0.1) is 5.41 Å². The molecule has 2 aliphatic rings. The highest BCUT2D eigenvalue weighted by Crippen LogP contribution is 2.35. The SMILES string of the molecule is N=C1C(c2nc(-c3cccs3)cs2)=C(O)CN1c1ccc(N2CCCCC2)cc1. The van der Waals surface area contributed by atoms with Gasteiger partial charge in [0, 0.05) is 29.8 Å². The van der Waals surface area contributed by atoms with Crippen molar-refractivity contribution >= 4 is 45.5 Å². The summed E-state index contributed by atoms with van der Waals surface area (Å²) in [5, 5.41) is 24.0. The summed E-state index contributed by atoms with van der Waals surface area (Å²) >= 11 is 3.12. The first-order chi connectivity index (χ1) is 14.2. The van der Waals surface area contributed by atoms with Crippen molar-refractivity contribution in [2.24, 2.45) is 0 Å². The van der Waals surface area contributed by atoms with Crippen LogP contribution >= 0.6 is 22.7 Å². The van der Waals surface area contributed by atoms with E-state index in [1.54, 1.807) is 11.3 Å². The van der Waals surface area contributed by atoms with Crippen LogP contribution in [0.3, 0.4) is 0 Å². The van der Waals surface area contributed by atoms with Crippen LogP contribution in [0.25, 0.3) is 16.1 Å². The molecule has 0 bridgehead atoms. The van der Waals surface area contributed by atoms with Gasteiger partial charge < -0.3 is 14.9 Å². The first-order valence-corrected chi connectivity index (χ1v) is 11.6. The number of benzene rings is 1. The predicted molar refractivity (Wildman–Crippen MR) is 123 cm³/mol. The van der Waals surface area contributed by atoms with E-state index < -0.39 is 0 Å². The zero-order chi connectivity index (χ0) is 19.8. The third-order valence-electron chi connectivity index (χ3n) is 5.48. The van der Waals surface area contributed by atoms with Gasteiger partial charge in [-0.15, -0.1) is 22.7 Å². The summed E-state index contributed by atoms with van der Waals surface area (Å²) in [6, 6.07) is 12.4. The van der Waals surface area contributed by atoms with E-state index >= 15 is 0 Å². The summed E-state index contributed by atoms with van der Waals surface area (Å²) in [6.07, 6.45) is 3.82. The maximum Gasteiger partial charge on any atom is 0.139 e. The van der Waals surface area contributed by atoms with Gasteiger partial charge in [0.15, 0.2) is 0 Å². The lowest BCUT2D eigenvalue weighted by molar-refractivity contribution is 0.411. The van der Waals surface area contributed by atoms with Gasteiger partial charge in [-0.3, -0.25) is 5.41 Å². The van der Waals surface area contributed by atoms with Crippen molar-refractivity contribution in [3.63, 3.8) is 0 Å². The number of aliphatic hydroxyl groups is 1. The lowest BCUT2D eigenvalue weighted by atomic mass is 10.1. The molecule has 1 aromatic carbocycles. The summed E-state index contributed by atoms with van der Waals surface area (Å²) in [7, 11) is 0. The van der Waals surface area contributed by atoms with Crippen LogP contribution in [0.1, 0.15) is 24.3 Å². The van der Waals surface area contributed by atoms with Gasteiger partial charge in [-0.1, -0.05) is 6.07 Å². The fourth-order valence-electron chi connectivity index (χ4n) is 3.95. The topological polar surface area (TPSA) is 63.5 Å². The molecule has 7 heteroatoms. The molecule has 0 radical (unpaired) electrons. The molecule has 0 aliphatic carbocycles. The van der Waals surface area contributed by atoms with E-state index in [1.165, 1.54) is 36.3 Å². The van der Waals surface area contributed by atoms with Gasteiger partial charge in [-0.25, -0.2) is 4.98 Å². The largest absolute Gasteiger partial charge is 0.510 e. The molecule has 4 heterocycles. The second kappa shape index (κ2) is 7.65. The molecule has 0 atom stereocenters. The van der Waals surface area contributed by atoms with Gasteiger partial charge in [0.25, 0.3) is 0 Å². The Bertz CT molecular complexity index is 1050. The molecule has 29 heavy (non-hydrogen) atoms. The zero-order valence-corrected chi connectivity index (χ0v) is 17.6. The number of hydrogen-bond donors (Lipinski definition) is 2. The van der Waals surface area contributed by atoms with E-state index in [0.29, 0.717) is 23.0 Å². The lowest BCUT2D eigenvalue weighted by Crippen LogP contribution is -2.29. The van der Waals surface area contributed by atoms with Gasteiger partial charge in [-0.2, -0.15) is 0 Å². The molecule has 2 N–H and O–H groups in total. The number of nitrogens with one attached hydrogen (secondary N) is 1. The summed E-state index contributed by atoms with van der Waals surface area (Å²) in [5.74, 6) is 0.516. The van der Waals surface area contributed by atoms with Crippen LogP contribution in [0.4, 0.5) is 11.4 Å². The summed E-state index contributed by atoms with van der Waals surface area (Å²) in [5.41, 5.74) is 3.60. The normalized spacial score (nSPS) is 17.4. The standard InChI is InChI=1S/C22H22N4OS2/c23-21-20(22-24-17(14-29-22)19-5-4-12-28-19)18(27)13-26(21)16-8-6-15(7-9-16)25-10-2-1-3-11-25/h4-9,12,14,23,27H,1-3,10-11,13H2. The zero-order valence-electron chi connectivity index (χ0n) is 16.0. The number of aromatic nitrogens is 1. The second-order valence-corrected chi connectivity index (χ2v) is 9.14. The van der Waals surface area contributed by atoms with Gasteiger partial charge in [0.05, 0.1) is 22.7 Å². The van der Waals surface area contributed by atoms with Gasteiger partial charge in [0.2, 0.25) is 0 Å². The molecule has 0 saturated carbocycles. The van der Waals surface area contributed by atoms with Crippen LogP contribution in [0.5, 0.6) is 0 Å². The summed E-state index contributed by atoms with van der Waals surface area (Å²) < 4.78 is 0. The summed E-state index contributed by atoms with van der Waals surface area (Å²) in [4.78, 5) is 10.0. The molecule has 0 spiro atoms. The Balaban J connectivity index is 1.36. The Labute approximate surface area is 178 Å². The van der Waals surface area contributed by atoms with E-state index in [2.05, 4.69) is 22.0 Å². The fourth-order valence-corrected chi connectivity index (χ4v) is 5.59. The van der Waals surface area contributed by atoms with Gasteiger partial charge in [0.1, 0.15) is 16.6 Å². The Morgan fingerprint density at radius 3 is 2.45 bits per heavy atom. The van der Waals surface area contributed by atoms with Crippen molar-refractivity contribution in [2.75, 3.05) is 29.4 Å². The quantitative estimate of drug-likeness (QED) is 0.572. The Morgan fingerprint density at radius 2 is 1.72 bits per heavy atom. The van der Waals surface area contributed by atoms with Crippen LogP contribution in [0.2, 0.25) is 0 Å². The highest BCUT2D eigenvalue weighted by Gasteiger charge is 2.31. The van der Waals surface area contributed by atoms with Crippen molar-refractivity contribution in [1.29, 1.82) is 5.41 Å². The number of aliphatic hydroxyl groups excluding tert-OH is 1. The highest BCUT2D eigenvalue weighted by atomic mass is 32.1. The third kappa shape index (κ3) is 3.45. The maximum atomic E-state index is 10.6. The average molecular weight is 423 g/mol. The van der Waals surface area contributed by atoms with E-state index in [0.717, 1.165) is 29.3 Å². The monoisotopic (exact) mass is 422 g/mol. The number of anilines is 2. The van der Waals surface area contributed by atoms with Crippen LogP contribution in [-0.2, 0) is 0 Å². The fraction of sp³-hybridized carbons (Fsp3) is 0.273.